The Morgan fingerprint density at radius 2 is 1.53 bits per heavy atom. The molecule has 4 rings (SSSR count). The maximum atomic E-state index is 12.7. The summed E-state index contributed by atoms with van der Waals surface area (Å²) in [4.78, 5) is 21.5. The zero-order valence-corrected chi connectivity index (χ0v) is 19.4. The average Bonchev–Trinajstić information content (AvgIpc) is 2.86. The largest absolute Gasteiger partial charge is 0.493 e. The van der Waals surface area contributed by atoms with Crippen molar-refractivity contribution < 1.29 is 23.7 Å². The lowest BCUT2D eigenvalue weighted by Gasteiger charge is -2.12. The second-order valence-corrected chi connectivity index (χ2v) is 7.38. The molecule has 0 radical (unpaired) electrons. The van der Waals surface area contributed by atoms with Gasteiger partial charge in [-0.25, -0.2) is 4.98 Å². The maximum Gasteiger partial charge on any atom is 0.230 e. The van der Waals surface area contributed by atoms with Crippen LogP contribution >= 0.6 is 0 Å². The summed E-state index contributed by atoms with van der Waals surface area (Å²) < 4.78 is 22.0. The van der Waals surface area contributed by atoms with E-state index in [2.05, 4.69) is 9.97 Å². The van der Waals surface area contributed by atoms with Gasteiger partial charge in [0.25, 0.3) is 0 Å². The van der Waals surface area contributed by atoms with Crippen LogP contribution in [0, 0.1) is 6.92 Å². The van der Waals surface area contributed by atoms with Gasteiger partial charge in [-0.15, -0.1) is 0 Å². The normalized spacial score (nSPS) is 10.9. The van der Waals surface area contributed by atoms with Crippen molar-refractivity contribution in [2.75, 3.05) is 21.3 Å². The van der Waals surface area contributed by atoms with Crippen molar-refractivity contribution in [3.8, 4) is 28.9 Å². The molecule has 4 aromatic rings. The maximum absolute atomic E-state index is 12.7. The third kappa shape index (κ3) is 4.83. The van der Waals surface area contributed by atoms with E-state index >= 15 is 0 Å². The predicted molar refractivity (Wildman–Crippen MR) is 130 cm³/mol. The number of rotatable bonds is 8. The number of hydrogen-bond acceptors (Lipinski definition) is 7. The van der Waals surface area contributed by atoms with Crippen LogP contribution in [0.5, 0.6) is 28.9 Å². The molecule has 0 spiro atoms. The van der Waals surface area contributed by atoms with Gasteiger partial charge in [-0.3, -0.25) is 4.79 Å². The topological polar surface area (TPSA) is 79.8 Å². The number of fused-ring (bicyclic) bond motifs is 1. The number of carbonyl (C=O) groups is 1. The minimum absolute atomic E-state index is 0.149. The van der Waals surface area contributed by atoms with E-state index in [9.17, 15) is 4.79 Å². The number of benzene rings is 3. The zero-order chi connectivity index (χ0) is 24.1. The Hall–Kier alpha value is -4.39. The van der Waals surface area contributed by atoms with E-state index < -0.39 is 0 Å². The van der Waals surface area contributed by atoms with Gasteiger partial charge in [0.2, 0.25) is 11.6 Å². The van der Waals surface area contributed by atoms with Crippen molar-refractivity contribution in [3.05, 3.63) is 83.7 Å². The highest BCUT2D eigenvalue weighted by molar-refractivity contribution is 6.06. The summed E-state index contributed by atoms with van der Waals surface area (Å²) in [5.74, 6) is 3.06. The number of allylic oxidation sites excluding steroid dienone is 1. The van der Waals surface area contributed by atoms with E-state index in [1.54, 1.807) is 63.8 Å². The van der Waals surface area contributed by atoms with Gasteiger partial charge in [-0.1, -0.05) is 18.2 Å². The van der Waals surface area contributed by atoms with E-state index in [-0.39, 0.29) is 5.78 Å². The first kappa shape index (κ1) is 22.8. The molecule has 1 heterocycles. The summed E-state index contributed by atoms with van der Waals surface area (Å²) in [5, 5.41) is 0.821. The van der Waals surface area contributed by atoms with E-state index in [4.69, 9.17) is 18.9 Å². The van der Waals surface area contributed by atoms with Gasteiger partial charge < -0.3 is 18.9 Å². The quantitative estimate of drug-likeness (QED) is 0.250. The van der Waals surface area contributed by atoms with Crippen molar-refractivity contribution in [1.82, 2.24) is 9.97 Å². The first-order valence-corrected chi connectivity index (χ1v) is 10.6. The molecule has 3 aromatic carbocycles. The fourth-order valence-corrected chi connectivity index (χ4v) is 3.50. The zero-order valence-electron chi connectivity index (χ0n) is 19.4. The number of aromatic nitrogens is 2. The number of ether oxygens (including phenoxy) is 4. The molecule has 0 bridgehead atoms. The van der Waals surface area contributed by atoms with Crippen LogP contribution in [0.15, 0.2) is 66.7 Å². The number of ketones is 1. The third-order valence-corrected chi connectivity index (χ3v) is 5.15. The lowest BCUT2D eigenvalue weighted by atomic mass is 10.1. The lowest BCUT2D eigenvalue weighted by Crippen LogP contribution is -1.97. The number of hydrogen-bond donors (Lipinski definition) is 0. The molecule has 0 saturated carbocycles. The first-order chi connectivity index (χ1) is 16.5. The fourth-order valence-electron chi connectivity index (χ4n) is 3.50. The van der Waals surface area contributed by atoms with Gasteiger partial charge in [0.1, 0.15) is 11.6 Å². The molecule has 0 fully saturated rings. The Bertz CT molecular complexity index is 1340. The molecule has 0 amide bonds. The van der Waals surface area contributed by atoms with Crippen LogP contribution in [0.3, 0.4) is 0 Å². The summed E-state index contributed by atoms with van der Waals surface area (Å²) in [6.07, 6.45) is 3.20. The van der Waals surface area contributed by atoms with Crippen molar-refractivity contribution in [2.24, 2.45) is 0 Å². The summed E-state index contributed by atoms with van der Waals surface area (Å²) in [7, 11) is 4.64. The van der Waals surface area contributed by atoms with Crippen LogP contribution in [0.25, 0.3) is 17.0 Å². The predicted octanol–water partition coefficient (Wildman–Crippen LogP) is 5.65. The number of para-hydroxylation sites is 1. The smallest absolute Gasteiger partial charge is 0.230 e. The van der Waals surface area contributed by atoms with Crippen molar-refractivity contribution >= 4 is 22.8 Å². The number of nitrogens with zero attached hydrogens (tertiary/aromatic N) is 2. The SMILES string of the molecule is COc1cc(/C=C/C(=O)c2ccc(Oc3nc(C)nc4ccccc34)cc2)cc(OC)c1OC. The number of methoxy groups -OCH3 is 3. The second kappa shape index (κ2) is 10.0. The number of carbonyl (C=O) groups excluding carboxylic acids is 1. The van der Waals surface area contributed by atoms with Crippen LogP contribution in [-0.4, -0.2) is 37.1 Å². The van der Waals surface area contributed by atoms with Crippen molar-refractivity contribution in [1.29, 1.82) is 0 Å². The van der Waals surface area contributed by atoms with Crippen molar-refractivity contribution in [3.63, 3.8) is 0 Å². The van der Waals surface area contributed by atoms with Crippen LogP contribution in [0.2, 0.25) is 0 Å². The Morgan fingerprint density at radius 3 is 2.18 bits per heavy atom. The highest BCUT2D eigenvalue weighted by Crippen LogP contribution is 2.38. The van der Waals surface area contributed by atoms with Crippen molar-refractivity contribution in [2.45, 2.75) is 6.92 Å². The Kier molecular flexibility index (Phi) is 6.73. The van der Waals surface area contributed by atoms with E-state index in [0.29, 0.717) is 40.3 Å². The molecular formula is C27H24N2O5. The van der Waals surface area contributed by atoms with Gasteiger partial charge in [0.15, 0.2) is 17.3 Å². The Balaban J connectivity index is 1.52. The molecule has 0 atom stereocenters. The molecule has 0 unspecified atom stereocenters. The second-order valence-electron chi connectivity index (χ2n) is 7.38. The molecule has 7 heteroatoms. The van der Waals surface area contributed by atoms with Gasteiger partial charge >= 0.3 is 0 Å². The lowest BCUT2D eigenvalue weighted by molar-refractivity contribution is 0.104. The Labute approximate surface area is 197 Å². The van der Waals surface area contributed by atoms with Gasteiger partial charge in [0.05, 0.1) is 32.2 Å². The Morgan fingerprint density at radius 1 is 0.853 bits per heavy atom. The van der Waals surface area contributed by atoms with E-state index in [1.807, 2.05) is 31.2 Å². The van der Waals surface area contributed by atoms with Crippen LogP contribution in [0.4, 0.5) is 0 Å². The molecule has 0 N–H and O–H groups in total. The fraction of sp³-hybridized carbons (Fsp3) is 0.148. The van der Waals surface area contributed by atoms with Gasteiger partial charge in [-0.2, -0.15) is 4.98 Å². The van der Waals surface area contributed by atoms with E-state index in [0.717, 1.165) is 16.5 Å². The summed E-state index contributed by atoms with van der Waals surface area (Å²) in [5.41, 5.74) is 2.09. The summed E-state index contributed by atoms with van der Waals surface area (Å²) in [6.45, 7) is 1.82. The standard InChI is InChI=1S/C27H24N2O5/c1-17-28-22-8-6-5-7-21(22)27(29-17)34-20-12-10-19(11-13-20)23(30)14-9-18-15-24(31-2)26(33-4)25(16-18)32-3/h5-16H,1-4H3/b14-9+. The molecular weight excluding hydrogens is 432 g/mol. The minimum Gasteiger partial charge on any atom is -0.493 e. The van der Waals surface area contributed by atoms with Gasteiger partial charge in [0, 0.05) is 5.56 Å². The summed E-state index contributed by atoms with van der Waals surface area (Å²) >= 11 is 0. The minimum atomic E-state index is -0.149. The molecule has 172 valence electrons. The molecule has 34 heavy (non-hydrogen) atoms. The molecule has 0 aliphatic rings. The highest BCUT2D eigenvalue weighted by atomic mass is 16.5. The average molecular weight is 456 g/mol. The molecule has 0 aliphatic heterocycles. The monoisotopic (exact) mass is 456 g/mol. The van der Waals surface area contributed by atoms with Crippen LogP contribution in [-0.2, 0) is 0 Å². The third-order valence-electron chi connectivity index (χ3n) is 5.15. The number of aryl methyl sites for hydroxylation is 1. The molecule has 0 saturated heterocycles. The van der Waals surface area contributed by atoms with Gasteiger partial charge in [-0.05, 0) is 67.1 Å². The molecule has 0 aliphatic carbocycles. The molecule has 7 nitrogen and oxygen atoms in total. The van der Waals surface area contributed by atoms with Crippen LogP contribution < -0.4 is 18.9 Å². The summed E-state index contributed by atoms with van der Waals surface area (Å²) in [6, 6.07) is 18.1. The first-order valence-electron chi connectivity index (χ1n) is 10.6. The molecule has 1 aromatic heterocycles. The van der Waals surface area contributed by atoms with Crippen LogP contribution in [0.1, 0.15) is 21.7 Å². The highest BCUT2D eigenvalue weighted by Gasteiger charge is 2.13. The van der Waals surface area contributed by atoms with E-state index in [1.165, 1.54) is 6.08 Å².